The van der Waals surface area contributed by atoms with Crippen LogP contribution >= 0.6 is 0 Å². The molecule has 4 rings (SSSR count). The lowest BCUT2D eigenvalue weighted by molar-refractivity contribution is -0.389. The van der Waals surface area contributed by atoms with Crippen LogP contribution in [0, 0.1) is 10.1 Å². The van der Waals surface area contributed by atoms with Crippen molar-refractivity contribution in [3.05, 3.63) is 52.2 Å². The topological polar surface area (TPSA) is 144 Å². The van der Waals surface area contributed by atoms with Crippen LogP contribution in [0.25, 0.3) is 11.5 Å². The number of nitrogens with zero attached hydrogens (tertiary/aromatic N) is 6. The van der Waals surface area contributed by atoms with Crippen LogP contribution in [0.3, 0.4) is 0 Å². The number of hydrogen-bond acceptors (Lipinski definition) is 8. The van der Waals surface area contributed by atoms with E-state index in [0.29, 0.717) is 0 Å². The van der Waals surface area contributed by atoms with E-state index in [4.69, 9.17) is 4.52 Å². The van der Waals surface area contributed by atoms with Gasteiger partial charge in [0.2, 0.25) is 11.7 Å². The second kappa shape index (κ2) is 6.89. The Morgan fingerprint density at radius 2 is 2.17 bits per heavy atom. The van der Waals surface area contributed by atoms with Crippen LogP contribution in [-0.4, -0.2) is 60.3 Å². The van der Waals surface area contributed by atoms with Crippen LogP contribution < -0.4 is 0 Å². The normalized spacial score (nSPS) is 19.2. The minimum Gasteiger partial charge on any atom is -0.358 e. The van der Waals surface area contributed by atoms with E-state index in [1.807, 2.05) is 5.10 Å². The molecule has 0 bridgehead atoms. The Kier molecular flexibility index (Phi) is 4.47. The molecule has 1 amide bonds. The van der Waals surface area contributed by atoms with Gasteiger partial charge in [0.05, 0.1) is 6.20 Å². The van der Waals surface area contributed by atoms with Crippen molar-refractivity contribution in [3.63, 3.8) is 0 Å². The van der Waals surface area contributed by atoms with Gasteiger partial charge < -0.3 is 19.5 Å². The molecule has 30 heavy (non-hydrogen) atoms. The lowest BCUT2D eigenvalue weighted by Gasteiger charge is -2.27. The van der Waals surface area contributed by atoms with E-state index in [0.717, 1.165) is 11.1 Å². The number of likely N-dealkylation sites (tertiary alicyclic amines) is 1. The molecule has 1 fully saturated rings. The van der Waals surface area contributed by atoms with Gasteiger partial charge in [-0.3, -0.25) is 9.78 Å². The molecule has 3 aromatic heterocycles. The number of nitro groups is 1. The average molecular weight is 423 g/mol. The monoisotopic (exact) mass is 423 g/mol. The van der Waals surface area contributed by atoms with Gasteiger partial charge in [0.15, 0.2) is 11.0 Å². The molecular weight excluding hydrogens is 411 g/mol. The second-order valence-electron chi connectivity index (χ2n) is 6.58. The molecular formula is C16H12F3N7O4. The maximum Gasteiger partial charge on any atom is 0.405 e. The number of pyridine rings is 1. The predicted octanol–water partition coefficient (Wildman–Crippen LogP) is 2.11. The zero-order valence-electron chi connectivity index (χ0n) is 15.0. The van der Waals surface area contributed by atoms with E-state index in [2.05, 4.69) is 20.2 Å². The number of halogens is 3. The summed E-state index contributed by atoms with van der Waals surface area (Å²) in [6.07, 6.45) is -3.03. The van der Waals surface area contributed by atoms with E-state index in [9.17, 15) is 28.1 Å². The summed E-state index contributed by atoms with van der Waals surface area (Å²) in [4.78, 5) is 31.5. The molecule has 14 heteroatoms. The number of carbonyl (C=O) groups excluding carboxylic acids is 1. The maximum atomic E-state index is 14.1. The highest BCUT2D eigenvalue weighted by atomic mass is 19.4. The zero-order valence-corrected chi connectivity index (χ0v) is 15.0. The zero-order chi connectivity index (χ0) is 21.5. The van der Waals surface area contributed by atoms with Crippen molar-refractivity contribution >= 4 is 11.7 Å². The highest BCUT2D eigenvalue weighted by Crippen LogP contribution is 2.47. The van der Waals surface area contributed by atoms with Crippen LogP contribution in [-0.2, 0) is 5.41 Å². The van der Waals surface area contributed by atoms with Crippen LogP contribution in [0.15, 0.2) is 35.1 Å². The Bertz CT molecular complexity index is 1100. The van der Waals surface area contributed by atoms with Gasteiger partial charge in [0.25, 0.3) is 5.91 Å². The van der Waals surface area contributed by atoms with Gasteiger partial charge >= 0.3 is 12.0 Å². The summed E-state index contributed by atoms with van der Waals surface area (Å²) in [5.41, 5.74) is -2.82. The van der Waals surface area contributed by atoms with Crippen molar-refractivity contribution < 1.29 is 27.4 Å². The molecule has 11 nitrogen and oxygen atoms in total. The van der Waals surface area contributed by atoms with Crippen molar-refractivity contribution in [1.82, 2.24) is 30.2 Å². The van der Waals surface area contributed by atoms with E-state index in [1.54, 1.807) is 12.1 Å². The fourth-order valence-electron chi connectivity index (χ4n) is 3.27. The first kappa shape index (κ1) is 19.5. The van der Waals surface area contributed by atoms with Gasteiger partial charge in [0, 0.05) is 19.3 Å². The molecule has 1 N–H and O–H groups in total. The number of aromatic amines is 1. The maximum absolute atomic E-state index is 14.1. The number of hydrogen-bond donors (Lipinski definition) is 1. The molecule has 3 aromatic rings. The summed E-state index contributed by atoms with van der Waals surface area (Å²) in [7, 11) is 0. The molecule has 0 radical (unpaired) electrons. The summed E-state index contributed by atoms with van der Waals surface area (Å²) in [6.45, 7) is -1.15. The third kappa shape index (κ3) is 3.05. The standard InChI is InChI=1S/C16H12F3N7O4/c17-16(18,19)15(14-22-11(24-30-14)10-3-1-2-5-20-10)4-6-25(8-15)13(27)9-7-21-23-12(9)26(28)29/h1-3,5,7H,4,6,8H2,(H,21,23). The number of carbonyl (C=O) groups is 1. The Morgan fingerprint density at radius 1 is 1.37 bits per heavy atom. The molecule has 1 unspecified atom stereocenters. The average Bonchev–Trinajstić information content (AvgIpc) is 3.46. The number of rotatable bonds is 4. The Hall–Kier alpha value is -3.84. The molecule has 1 aliphatic heterocycles. The second-order valence-corrected chi connectivity index (χ2v) is 6.58. The quantitative estimate of drug-likeness (QED) is 0.496. The van der Waals surface area contributed by atoms with Crippen molar-refractivity contribution in [2.75, 3.05) is 13.1 Å². The van der Waals surface area contributed by atoms with Gasteiger partial charge in [-0.05, 0) is 23.5 Å². The molecule has 1 atom stereocenters. The van der Waals surface area contributed by atoms with E-state index in [1.165, 1.54) is 12.3 Å². The van der Waals surface area contributed by atoms with Gasteiger partial charge in [-0.2, -0.15) is 18.2 Å². The fourth-order valence-corrected chi connectivity index (χ4v) is 3.27. The van der Waals surface area contributed by atoms with Crippen molar-refractivity contribution in [2.45, 2.75) is 18.0 Å². The first-order valence-corrected chi connectivity index (χ1v) is 8.52. The third-order valence-electron chi connectivity index (χ3n) is 4.86. The van der Waals surface area contributed by atoms with Crippen LogP contribution in [0.5, 0.6) is 0 Å². The fraction of sp³-hybridized carbons (Fsp3) is 0.312. The molecule has 1 saturated heterocycles. The molecule has 0 spiro atoms. The Labute approximate surface area is 165 Å². The SMILES string of the molecule is O=C(c1cn[nH]c1[N+](=O)[O-])N1CCC(c2nc(-c3ccccn3)no2)(C(F)(F)F)C1. The highest BCUT2D eigenvalue weighted by molar-refractivity contribution is 5.97. The van der Waals surface area contributed by atoms with Crippen molar-refractivity contribution in [2.24, 2.45) is 0 Å². The summed E-state index contributed by atoms with van der Waals surface area (Å²) in [5, 5.41) is 20.1. The van der Waals surface area contributed by atoms with Gasteiger partial charge in [-0.15, -0.1) is 5.10 Å². The minimum absolute atomic E-state index is 0.121. The van der Waals surface area contributed by atoms with Gasteiger partial charge in [-0.25, -0.2) is 0 Å². The number of amides is 1. The van der Waals surface area contributed by atoms with Crippen LogP contribution in [0.4, 0.5) is 19.0 Å². The Morgan fingerprint density at radius 3 is 2.83 bits per heavy atom. The summed E-state index contributed by atoms with van der Waals surface area (Å²) >= 11 is 0. The van der Waals surface area contributed by atoms with E-state index in [-0.39, 0.29) is 18.1 Å². The molecule has 0 aliphatic carbocycles. The van der Waals surface area contributed by atoms with E-state index >= 15 is 0 Å². The Balaban J connectivity index is 1.67. The lowest BCUT2D eigenvalue weighted by Crippen LogP contribution is -2.46. The molecule has 0 aromatic carbocycles. The minimum atomic E-state index is -4.82. The first-order chi connectivity index (χ1) is 14.2. The van der Waals surface area contributed by atoms with Crippen LogP contribution in [0.1, 0.15) is 22.7 Å². The largest absolute Gasteiger partial charge is 0.405 e. The number of nitrogens with one attached hydrogen (secondary N) is 1. The van der Waals surface area contributed by atoms with E-state index < -0.39 is 52.7 Å². The highest BCUT2D eigenvalue weighted by Gasteiger charge is 2.63. The van der Waals surface area contributed by atoms with Gasteiger partial charge in [-0.1, -0.05) is 16.3 Å². The molecule has 1 aliphatic rings. The summed E-state index contributed by atoms with van der Waals surface area (Å²) < 4.78 is 47.2. The number of aromatic nitrogens is 5. The lowest BCUT2D eigenvalue weighted by atomic mass is 9.86. The summed E-state index contributed by atoms with van der Waals surface area (Å²) in [5.74, 6) is -2.47. The molecule has 0 saturated carbocycles. The van der Waals surface area contributed by atoms with Crippen molar-refractivity contribution in [3.8, 4) is 11.5 Å². The molecule has 4 heterocycles. The predicted molar refractivity (Wildman–Crippen MR) is 91.0 cm³/mol. The van der Waals surface area contributed by atoms with Gasteiger partial charge in [0.1, 0.15) is 5.69 Å². The van der Waals surface area contributed by atoms with Crippen LogP contribution in [0.2, 0.25) is 0 Å². The summed E-state index contributed by atoms with van der Waals surface area (Å²) in [6, 6.07) is 4.75. The smallest absolute Gasteiger partial charge is 0.358 e. The first-order valence-electron chi connectivity index (χ1n) is 8.52. The number of H-pyrrole nitrogens is 1. The van der Waals surface area contributed by atoms with Crippen molar-refractivity contribution in [1.29, 1.82) is 0 Å². The number of alkyl halides is 3. The third-order valence-corrected chi connectivity index (χ3v) is 4.86. The molecule has 156 valence electrons.